The highest BCUT2D eigenvalue weighted by Crippen LogP contribution is 2.34. The van der Waals surface area contributed by atoms with Crippen molar-refractivity contribution in [3.8, 4) is 0 Å². The van der Waals surface area contributed by atoms with Gasteiger partial charge in [0.25, 0.3) is 0 Å². The first-order valence-corrected chi connectivity index (χ1v) is 5.69. The van der Waals surface area contributed by atoms with Crippen LogP contribution in [-0.2, 0) is 4.75 Å². The zero-order chi connectivity index (χ0) is 9.73. The van der Waals surface area contributed by atoms with Gasteiger partial charge in [-0.05, 0) is 12.0 Å². The van der Waals surface area contributed by atoms with Crippen molar-refractivity contribution >= 4 is 25.3 Å². The Labute approximate surface area is 91.6 Å². The second-order valence-electron chi connectivity index (χ2n) is 3.31. The zero-order valence-electron chi connectivity index (χ0n) is 7.90. The maximum absolute atomic E-state index is 4.71. The number of hydrogen-bond donors (Lipinski definition) is 2. The fraction of sp³-hybridized carbons (Fsp3) is 0.455. The van der Waals surface area contributed by atoms with Crippen LogP contribution in [0.3, 0.4) is 0 Å². The summed E-state index contributed by atoms with van der Waals surface area (Å²) in [4.78, 5) is 0. The van der Waals surface area contributed by atoms with Gasteiger partial charge in [0, 0.05) is 10.5 Å². The molecular weight excluding hydrogens is 196 g/mol. The minimum atomic E-state index is -0.0564. The monoisotopic (exact) mass is 212 g/mol. The Balaban J connectivity index is 2.89. The van der Waals surface area contributed by atoms with Crippen molar-refractivity contribution in [1.82, 2.24) is 0 Å². The topological polar surface area (TPSA) is 0 Å². The standard InChI is InChI=1S/C11H16S2/c1-2-8-11(13,9-12)10-6-4-3-5-7-10/h3-7,12-13H,2,8-9H2,1H3. The van der Waals surface area contributed by atoms with Gasteiger partial charge in [0.05, 0.1) is 0 Å². The van der Waals surface area contributed by atoms with Crippen LogP contribution in [0.1, 0.15) is 25.3 Å². The number of rotatable bonds is 4. The molecular formula is C11H16S2. The van der Waals surface area contributed by atoms with Crippen LogP contribution in [0.2, 0.25) is 0 Å². The lowest BCUT2D eigenvalue weighted by Gasteiger charge is -2.26. The van der Waals surface area contributed by atoms with E-state index in [1.807, 2.05) is 6.07 Å². The van der Waals surface area contributed by atoms with Crippen molar-refractivity contribution in [1.29, 1.82) is 0 Å². The summed E-state index contributed by atoms with van der Waals surface area (Å²) in [6.07, 6.45) is 2.21. The van der Waals surface area contributed by atoms with Gasteiger partial charge in [-0.15, -0.1) is 0 Å². The van der Waals surface area contributed by atoms with E-state index in [1.165, 1.54) is 5.56 Å². The predicted molar refractivity (Wildman–Crippen MR) is 65.9 cm³/mol. The summed E-state index contributed by atoms with van der Waals surface area (Å²) in [5.74, 6) is 0.786. The first-order chi connectivity index (χ1) is 6.23. The van der Waals surface area contributed by atoms with Crippen molar-refractivity contribution in [2.45, 2.75) is 24.5 Å². The van der Waals surface area contributed by atoms with Gasteiger partial charge < -0.3 is 0 Å². The Morgan fingerprint density at radius 2 is 1.85 bits per heavy atom. The first kappa shape index (κ1) is 11.0. The van der Waals surface area contributed by atoms with Crippen molar-refractivity contribution < 1.29 is 0 Å². The van der Waals surface area contributed by atoms with Gasteiger partial charge in [-0.25, -0.2) is 0 Å². The SMILES string of the molecule is CCCC(S)(CS)c1ccccc1. The van der Waals surface area contributed by atoms with Crippen LogP contribution in [0.5, 0.6) is 0 Å². The molecule has 0 saturated carbocycles. The smallest absolute Gasteiger partial charge is 0.0465 e. The molecule has 0 spiro atoms. The van der Waals surface area contributed by atoms with Gasteiger partial charge in [-0.1, -0.05) is 43.7 Å². The van der Waals surface area contributed by atoms with E-state index < -0.39 is 0 Å². The van der Waals surface area contributed by atoms with Gasteiger partial charge in [-0.2, -0.15) is 25.3 Å². The summed E-state index contributed by atoms with van der Waals surface area (Å²) in [5.41, 5.74) is 1.27. The van der Waals surface area contributed by atoms with Crippen molar-refractivity contribution in [2.75, 3.05) is 5.75 Å². The molecule has 0 nitrogen and oxygen atoms in total. The molecule has 1 aromatic carbocycles. The highest BCUT2D eigenvalue weighted by Gasteiger charge is 2.24. The molecule has 0 heterocycles. The third kappa shape index (κ3) is 2.68. The van der Waals surface area contributed by atoms with Crippen LogP contribution in [0.4, 0.5) is 0 Å². The fourth-order valence-corrected chi connectivity index (χ4v) is 2.19. The molecule has 0 radical (unpaired) electrons. The summed E-state index contributed by atoms with van der Waals surface area (Å²) in [7, 11) is 0. The highest BCUT2D eigenvalue weighted by molar-refractivity contribution is 7.85. The molecule has 1 rings (SSSR count). The fourth-order valence-electron chi connectivity index (χ4n) is 1.48. The summed E-state index contributed by atoms with van der Waals surface area (Å²) in [6.45, 7) is 2.18. The first-order valence-electron chi connectivity index (χ1n) is 4.61. The molecule has 13 heavy (non-hydrogen) atoms. The molecule has 0 fully saturated rings. The van der Waals surface area contributed by atoms with E-state index in [0.29, 0.717) is 0 Å². The van der Waals surface area contributed by atoms with E-state index in [9.17, 15) is 0 Å². The molecule has 0 aromatic heterocycles. The van der Waals surface area contributed by atoms with Crippen LogP contribution in [0.25, 0.3) is 0 Å². The maximum Gasteiger partial charge on any atom is 0.0465 e. The molecule has 0 N–H and O–H groups in total. The molecule has 0 saturated heterocycles. The Morgan fingerprint density at radius 3 is 2.31 bits per heavy atom. The normalized spacial score (nSPS) is 15.3. The molecule has 2 heteroatoms. The Hall–Kier alpha value is -0.0800. The molecule has 1 aromatic rings. The van der Waals surface area contributed by atoms with E-state index >= 15 is 0 Å². The van der Waals surface area contributed by atoms with Gasteiger partial charge >= 0.3 is 0 Å². The maximum atomic E-state index is 4.71. The summed E-state index contributed by atoms with van der Waals surface area (Å²) >= 11 is 9.08. The second kappa shape index (κ2) is 4.97. The molecule has 1 unspecified atom stereocenters. The summed E-state index contributed by atoms with van der Waals surface area (Å²) in [6, 6.07) is 10.4. The van der Waals surface area contributed by atoms with Gasteiger partial charge in [0.15, 0.2) is 0 Å². The minimum absolute atomic E-state index is 0.0564. The van der Waals surface area contributed by atoms with Crippen molar-refractivity contribution in [3.63, 3.8) is 0 Å². The predicted octanol–water partition coefficient (Wildman–Crippen LogP) is 3.54. The lowest BCUT2D eigenvalue weighted by molar-refractivity contribution is 0.624. The van der Waals surface area contributed by atoms with Crippen LogP contribution >= 0.6 is 25.3 Å². The molecule has 1 atom stereocenters. The van der Waals surface area contributed by atoms with Crippen molar-refractivity contribution in [3.05, 3.63) is 35.9 Å². The van der Waals surface area contributed by atoms with E-state index in [1.54, 1.807) is 0 Å². The molecule has 0 aliphatic rings. The number of benzene rings is 1. The minimum Gasteiger partial charge on any atom is -0.178 e. The Kier molecular flexibility index (Phi) is 4.20. The molecule has 0 aliphatic carbocycles. The van der Waals surface area contributed by atoms with E-state index in [4.69, 9.17) is 12.6 Å². The quantitative estimate of drug-likeness (QED) is 0.701. The van der Waals surface area contributed by atoms with Crippen LogP contribution < -0.4 is 0 Å². The van der Waals surface area contributed by atoms with E-state index in [-0.39, 0.29) is 4.75 Å². The van der Waals surface area contributed by atoms with Crippen LogP contribution in [-0.4, -0.2) is 5.75 Å². The van der Waals surface area contributed by atoms with Crippen LogP contribution in [0.15, 0.2) is 30.3 Å². The number of hydrogen-bond acceptors (Lipinski definition) is 2. The summed E-state index contributed by atoms with van der Waals surface area (Å²) in [5, 5.41) is 0. The van der Waals surface area contributed by atoms with Gasteiger partial charge in [-0.3, -0.25) is 0 Å². The zero-order valence-corrected chi connectivity index (χ0v) is 9.69. The van der Waals surface area contributed by atoms with Gasteiger partial charge in [0.1, 0.15) is 0 Å². The largest absolute Gasteiger partial charge is 0.178 e. The van der Waals surface area contributed by atoms with Gasteiger partial charge in [0.2, 0.25) is 0 Å². The molecule has 0 aliphatic heterocycles. The number of thiol groups is 2. The van der Waals surface area contributed by atoms with Crippen LogP contribution in [0, 0.1) is 0 Å². The third-order valence-corrected chi connectivity index (χ3v) is 3.67. The van der Waals surface area contributed by atoms with E-state index in [2.05, 4.69) is 43.8 Å². The average Bonchev–Trinajstić information content (AvgIpc) is 2.19. The molecule has 72 valence electrons. The molecule has 0 bridgehead atoms. The highest BCUT2D eigenvalue weighted by atomic mass is 32.1. The molecule has 0 amide bonds. The van der Waals surface area contributed by atoms with E-state index in [0.717, 1.165) is 18.6 Å². The lowest BCUT2D eigenvalue weighted by Crippen LogP contribution is -2.20. The average molecular weight is 212 g/mol. The third-order valence-electron chi connectivity index (χ3n) is 2.24. The Morgan fingerprint density at radius 1 is 1.23 bits per heavy atom. The Bertz CT molecular complexity index is 246. The lowest BCUT2D eigenvalue weighted by atomic mass is 9.95. The second-order valence-corrected chi connectivity index (χ2v) is 4.48. The summed E-state index contributed by atoms with van der Waals surface area (Å²) < 4.78 is -0.0564. The van der Waals surface area contributed by atoms with Crippen molar-refractivity contribution in [2.24, 2.45) is 0 Å².